The van der Waals surface area contributed by atoms with Gasteiger partial charge in [0.25, 0.3) is 0 Å². The zero-order chi connectivity index (χ0) is 13.5. The summed E-state index contributed by atoms with van der Waals surface area (Å²) in [7, 11) is 0. The Kier molecular flexibility index (Phi) is 6.84. The molecule has 2 rings (SSSR count). The van der Waals surface area contributed by atoms with Crippen molar-refractivity contribution in [2.24, 2.45) is 11.8 Å². The number of hydrogen-bond acceptors (Lipinski definition) is 1. The number of rotatable bonds is 4. The van der Waals surface area contributed by atoms with E-state index in [9.17, 15) is 0 Å². The fourth-order valence-corrected chi connectivity index (χ4v) is 5.43. The molecule has 0 N–H and O–H groups in total. The van der Waals surface area contributed by atoms with Crippen molar-refractivity contribution in [3.05, 3.63) is 10.5 Å². The van der Waals surface area contributed by atoms with Gasteiger partial charge in [0.05, 0.1) is 0 Å². The molecule has 0 bridgehead atoms. The second kappa shape index (κ2) is 8.39. The summed E-state index contributed by atoms with van der Waals surface area (Å²) < 4.78 is 0. The molecule has 0 saturated heterocycles. The molecule has 1 heterocycles. The van der Waals surface area contributed by atoms with Gasteiger partial charge in [0.15, 0.2) is 0 Å². The third-order valence-corrected chi connectivity index (χ3v) is 6.31. The molecule has 0 radical (unpaired) electrons. The summed E-state index contributed by atoms with van der Waals surface area (Å²) in [5.41, 5.74) is 1.92. The lowest BCUT2D eigenvalue weighted by atomic mass is 9.84. The molecular weight excluding hydrogens is 248 g/mol. The Bertz CT molecular complexity index is 264. The molecule has 0 saturated carbocycles. The van der Waals surface area contributed by atoms with Crippen LogP contribution >= 0.6 is 11.8 Å². The van der Waals surface area contributed by atoms with Gasteiger partial charge in [-0.1, -0.05) is 51.5 Å². The van der Waals surface area contributed by atoms with E-state index in [1.165, 1.54) is 76.4 Å². The third-order valence-electron chi connectivity index (χ3n) is 4.91. The van der Waals surface area contributed by atoms with E-state index >= 15 is 0 Å². The molecule has 0 amide bonds. The van der Waals surface area contributed by atoms with Crippen LogP contribution in [0.25, 0.3) is 0 Å². The van der Waals surface area contributed by atoms with E-state index in [0.717, 1.165) is 11.8 Å². The van der Waals surface area contributed by atoms with Gasteiger partial charge in [-0.2, -0.15) is 0 Å². The summed E-state index contributed by atoms with van der Waals surface area (Å²) in [6.45, 7) is 4.73. The maximum Gasteiger partial charge on any atom is -0.00201 e. The van der Waals surface area contributed by atoms with E-state index in [4.69, 9.17) is 0 Å². The Balaban J connectivity index is 2.24. The van der Waals surface area contributed by atoms with Crippen molar-refractivity contribution in [3.63, 3.8) is 0 Å². The van der Waals surface area contributed by atoms with Crippen molar-refractivity contribution in [2.75, 3.05) is 5.75 Å². The highest BCUT2D eigenvalue weighted by molar-refractivity contribution is 8.03. The van der Waals surface area contributed by atoms with Crippen molar-refractivity contribution in [1.82, 2.24) is 0 Å². The SMILES string of the molecule is CCCC1CCCCCC(CCC)C2=C1CCCS2. The van der Waals surface area contributed by atoms with Crippen molar-refractivity contribution in [1.29, 1.82) is 0 Å². The van der Waals surface area contributed by atoms with Crippen LogP contribution in [0, 0.1) is 11.8 Å². The summed E-state index contributed by atoms with van der Waals surface area (Å²) in [4.78, 5) is 1.87. The predicted octanol–water partition coefficient (Wildman–Crippen LogP) is 6.56. The predicted molar refractivity (Wildman–Crippen MR) is 88.6 cm³/mol. The first kappa shape index (κ1) is 15.5. The Morgan fingerprint density at radius 3 is 2.32 bits per heavy atom. The van der Waals surface area contributed by atoms with Crippen LogP contribution in [0.2, 0.25) is 0 Å². The van der Waals surface area contributed by atoms with Crippen LogP contribution in [0.3, 0.4) is 0 Å². The summed E-state index contributed by atoms with van der Waals surface area (Å²) in [5, 5.41) is 0. The largest absolute Gasteiger partial charge is 0.130 e. The molecule has 0 fully saturated rings. The average molecular weight is 281 g/mol. The third kappa shape index (κ3) is 4.28. The number of hydrogen-bond donors (Lipinski definition) is 0. The van der Waals surface area contributed by atoms with Crippen molar-refractivity contribution < 1.29 is 0 Å². The summed E-state index contributed by atoms with van der Waals surface area (Å²) >= 11 is 2.24. The molecule has 2 aliphatic rings. The molecular formula is C18H32S. The van der Waals surface area contributed by atoms with Gasteiger partial charge in [0.1, 0.15) is 0 Å². The fraction of sp³-hybridized carbons (Fsp3) is 0.889. The maximum atomic E-state index is 2.37. The monoisotopic (exact) mass is 280 g/mol. The molecule has 0 nitrogen and oxygen atoms in total. The summed E-state index contributed by atoms with van der Waals surface area (Å²) in [6, 6.07) is 0. The fourth-order valence-electron chi connectivity index (χ4n) is 4.00. The van der Waals surface area contributed by atoms with E-state index in [2.05, 4.69) is 25.6 Å². The van der Waals surface area contributed by atoms with Crippen LogP contribution < -0.4 is 0 Å². The Hall–Kier alpha value is 0.0900. The van der Waals surface area contributed by atoms with Crippen LogP contribution in [0.1, 0.15) is 84.5 Å². The molecule has 1 heteroatoms. The van der Waals surface area contributed by atoms with Gasteiger partial charge in [-0.3, -0.25) is 0 Å². The minimum atomic E-state index is 0.919. The zero-order valence-electron chi connectivity index (χ0n) is 13.0. The molecule has 2 atom stereocenters. The standard InChI is InChI=1S/C18H32S/c1-3-9-15-11-6-5-7-12-16(10-4-2)18-17(15)13-8-14-19-18/h15-16H,3-14H2,1-2H3. The van der Waals surface area contributed by atoms with Crippen LogP contribution in [0.15, 0.2) is 10.5 Å². The van der Waals surface area contributed by atoms with Crippen LogP contribution in [-0.4, -0.2) is 5.75 Å². The molecule has 0 spiro atoms. The van der Waals surface area contributed by atoms with Crippen LogP contribution in [0.4, 0.5) is 0 Å². The highest BCUT2D eigenvalue weighted by atomic mass is 32.2. The lowest BCUT2D eigenvalue weighted by Gasteiger charge is -2.30. The lowest BCUT2D eigenvalue weighted by molar-refractivity contribution is 0.466. The summed E-state index contributed by atoms with van der Waals surface area (Å²) in [6.07, 6.45) is 15.8. The van der Waals surface area contributed by atoms with Gasteiger partial charge in [-0.25, -0.2) is 0 Å². The molecule has 1 aliphatic carbocycles. The van der Waals surface area contributed by atoms with Gasteiger partial charge >= 0.3 is 0 Å². The molecule has 0 aromatic rings. The van der Waals surface area contributed by atoms with E-state index in [0.29, 0.717) is 0 Å². The smallest absolute Gasteiger partial charge is 0.00201 e. The molecule has 1 aliphatic heterocycles. The minimum absolute atomic E-state index is 0.919. The molecule has 0 aromatic heterocycles. The maximum absolute atomic E-state index is 2.37. The first-order chi connectivity index (χ1) is 9.36. The second-order valence-electron chi connectivity index (χ2n) is 6.45. The molecule has 19 heavy (non-hydrogen) atoms. The highest BCUT2D eigenvalue weighted by Crippen LogP contribution is 2.45. The number of allylic oxidation sites excluding steroid dienone is 2. The number of thioether (sulfide) groups is 1. The molecule has 2 unspecified atom stereocenters. The zero-order valence-corrected chi connectivity index (χ0v) is 13.9. The van der Waals surface area contributed by atoms with Crippen molar-refractivity contribution in [2.45, 2.75) is 84.5 Å². The summed E-state index contributed by atoms with van der Waals surface area (Å²) in [5.74, 6) is 3.24. The molecule has 0 aromatic carbocycles. The van der Waals surface area contributed by atoms with Crippen molar-refractivity contribution in [3.8, 4) is 0 Å². The Morgan fingerprint density at radius 2 is 1.58 bits per heavy atom. The average Bonchev–Trinajstić information content (AvgIpc) is 2.51. The van der Waals surface area contributed by atoms with Crippen LogP contribution in [0.5, 0.6) is 0 Å². The normalized spacial score (nSPS) is 29.4. The lowest BCUT2D eigenvalue weighted by Crippen LogP contribution is -2.14. The van der Waals surface area contributed by atoms with E-state index in [-0.39, 0.29) is 0 Å². The second-order valence-corrected chi connectivity index (χ2v) is 7.59. The topological polar surface area (TPSA) is 0 Å². The first-order valence-electron chi connectivity index (χ1n) is 8.72. The van der Waals surface area contributed by atoms with Gasteiger partial charge in [-0.15, -0.1) is 11.8 Å². The quantitative estimate of drug-likeness (QED) is 0.561. The van der Waals surface area contributed by atoms with E-state index < -0.39 is 0 Å². The van der Waals surface area contributed by atoms with Gasteiger partial charge < -0.3 is 0 Å². The van der Waals surface area contributed by atoms with Crippen molar-refractivity contribution >= 4 is 11.8 Å². The molecule has 110 valence electrons. The first-order valence-corrected chi connectivity index (χ1v) is 9.71. The van der Waals surface area contributed by atoms with Crippen LogP contribution in [-0.2, 0) is 0 Å². The Labute approximate surface area is 124 Å². The highest BCUT2D eigenvalue weighted by Gasteiger charge is 2.26. The van der Waals surface area contributed by atoms with E-state index in [1.54, 1.807) is 0 Å². The van der Waals surface area contributed by atoms with Gasteiger partial charge in [0, 0.05) is 0 Å². The van der Waals surface area contributed by atoms with Gasteiger partial charge in [0.2, 0.25) is 0 Å². The Morgan fingerprint density at radius 1 is 0.895 bits per heavy atom. The van der Waals surface area contributed by atoms with Gasteiger partial charge in [-0.05, 0) is 61.0 Å². The van der Waals surface area contributed by atoms with E-state index in [1.807, 2.05) is 10.5 Å². The minimum Gasteiger partial charge on any atom is -0.130 e.